The first-order valence-corrected chi connectivity index (χ1v) is 6.91. The van der Waals surface area contributed by atoms with E-state index in [0.717, 1.165) is 12.0 Å². The normalized spacial score (nSPS) is 10.3. The van der Waals surface area contributed by atoms with E-state index in [1.54, 1.807) is 18.2 Å². The van der Waals surface area contributed by atoms with E-state index in [1.807, 2.05) is 31.2 Å². The lowest BCUT2D eigenvalue weighted by molar-refractivity contribution is 0.281. The average molecular weight is 293 g/mol. The molecule has 0 spiro atoms. The van der Waals surface area contributed by atoms with Gasteiger partial charge in [-0.3, -0.25) is 0 Å². The summed E-state index contributed by atoms with van der Waals surface area (Å²) in [5, 5.41) is 9.52. The van der Waals surface area contributed by atoms with Crippen LogP contribution in [0.5, 0.6) is 17.2 Å². The van der Waals surface area contributed by atoms with Gasteiger partial charge in [0.2, 0.25) is 0 Å². The molecule has 20 heavy (non-hydrogen) atoms. The van der Waals surface area contributed by atoms with E-state index in [9.17, 15) is 0 Å². The fraction of sp³-hybridized carbons (Fsp3) is 0.250. The van der Waals surface area contributed by atoms with Crippen molar-refractivity contribution in [2.45, 2.75) is 20.0 Å². The fourth-order valence-corrected chi connectivity index (χ4v) is 1.95. The molecule has 2 rings (SSSR count). The molecule has 0 saturated carbocycles. The van der Waals surface area contributed by atoms with E-state index < -0.39 is 0 Å². The molecule has 0 unspecified atom stereocenters. The topological polar surface area (TPSA) is 38.7 Å². The van der Waals surface area contributed by atoms with E-state index in [1.165, 1.54) is 0 Å². The highest BCUT2D eigenvalue weighted by Crippen LogP contribution is 2.35. The van der Waals surface area contributed by atoms with Crippen molar-refractivity contribution in [3.8, 4) is 17.2 Å². The lowest BCUT2D eigenvalue weighted by Gasteiger charge is -2.13. The first-order chi connectivity index (χ1) is 9.74. The van der Waals surface area contributed by atoms with E-state index in [4.69, 9.17) is 26.2 Å². The molecule has 0 aliphatic carbocycles. The van der Waals surface area contributed by atoms with Crippen LogP contribution in [0.1, 0.15) is 18.9 Å². The molecule has 2 aromatic rings. The highest BCUT2D eigenvalue weighted by molar-refractivity contribution is 6.32. The van der Waals surface area contributed by atoms with Gasteiger partial charge in [-0.15, -0.1) is 0 Å². The quantitative estimate of drug-likeness (QED) is 0.857. The van der Waals surface area contributed by atoms with Gasteiger partial charge in [0.15, 0.2) is 11.5 Å². The molecule has 0 heterocycles. The summed E-state index contributed by atoms with van der Waals surface area (Å²) in [4.78, 5) is 0. The van der Waals surface area contributed by atoms with Crippen LogP contribution in [0.25, 0.3) is 0 Å². The second kappa shape index (κ2) is 7.17. The van der Waals surface area contributed by atoms with Gasteiger partial charge in [0.25, 0.3) is 0 Å². The van der Waals surface area contributed by atoms with Crippen molar-refractivity contribution in [2.24, 2.45) is 0 Å². The molecule has 4 heteroatoms. The zero-order chi connectivity index (χ0) is 14.4. The second-order valence-corrected chi connectivity index (χ2v) is 4.73. The molecule has 106 valence electrons. The van der Waals surface area contributed by atoms with Crippen molar-refractivity contribution in [1.82, 2.24) is 0 Å². The first kappa shape index (κ1) is 14.7. The van der Waals surface area contributed by atoms with Gasteiger partial charge in [-0.05, 0) is 36.2 Å². The maximum Gasteiger partial charge on any atom is 0.169 e. The van der Waals surface area contributed by atoms with Crippen LogP contribution in [-0.4, -0.2) is 11.7 Å². The standard InChI is InChI=1S/C16H17ClO3/c1-2-9-19-15-5-3-4-6-16(15)20-14-8-7-12(11-18)10-13(14)17/h3-8,10,18H,2,9,11H2,1H3. The van der Waals surface area contributed by atoms with Gasteiger partial charge in [0.05, 0.1) is 18.2 Å². The summed E-state index contributed by atoms with van der Waals surface area (Å²) >= 11 is 6.14. The Labute approximate surface area is 123 Å². The van der Waals surface area contributed by atoms with Crippen molar-refractivity contribution in [2.75, 3.05) is 6.61 Å². The number of ether oxygens (including phenoxy) is 2. The van der Waals surface area contributed by atoms with Crippen LogP contribution in [0.4, 0.5) is 0 Å². The van der Waals surface area contributed by atoms with Crippen molar-refractivity contribution in [3.63, 3.8) is 0 Å². The minimum absolute atomic E-state index is 0.0454. The van der Waals surface area contributed by atoms with Gasteiger partial charge in [-0.1, -0.05) is 36.7 Å². The summed E-state index contributed by atoms with van der Waals surface area (Å²) in [6, 6.07) is 12.7. The zero-order valence-corrected chi connectivity index (χ0v) is 12.1. The molecule has 0 aromatic heterocycles. The number of aliphatic hydroxyl groups excluding tert-OH is 1. The van der Waals surface area contributed by atoms with Gasteiger partial charge in [0.1, 0.15) is 5.75 Å². The van der Waals surface area contributed by atoms with Crippen LogP contribution < -0.4 is 9.47 Å². The molecule has 0 radical (unpaired) electrons. The van der Waals surface area contributed by atoms with E-state index in [-0.39, 0.29) is 6.61 Å². The van der Waals surface area contributed by atoms with Crippen LogP contribution in [-0.2, 0) is 6.61 Å². The lowest BCUT2D eigenvalue weighted by atomic mass is 10.2. The molecule has 1 N–H and O–H groups in total. The third kappa shape index (κ3) is 3.65. The zero-order valence-electron chi connectivity index (χ0n) is 11.3. The van der Waals surface area contributed by atoms with Gasteiger partial charge >= 0.3 is 0 Å². The van der Waals surface area contributed by atoms with Crippen molar-refractivity contribution in [1.29, 1.82) is 0 Å². The number of aliphatic hydroxyl groups is 1. The summed E-state index contributed by atoms with van der Waals surface area (Å²) in [5.74, 6) is 1.85. The van der Waals surface area contributed by atoms with Crippen LogP contribution in [0.15, 0.2) is 42.5 Å². The Morgan fingerprint density at radius 2 is 1.80 bits per heavy atom. The number of hydrogen-bond acceptors (Lipinski definition) is 3. The Hall–Kier alpha value is -1.71. The van der Waals surface area contributed by atoms with Gasteiger partial charge in [-0.25, -0.2) is 0 Å². The third-order valence-corrected chi connectivity index (χ3v) is 3.00. The van der Waals surface area contributed by atoms with E-state index in [2.05, 4.69) is 0 Å². The highest BCUT2D eigenvalue weighted by Gasteiger charge is 2.08. The summed E-state index contributed by atoms with van der Waals surface area (Å²) in [7, 11) is 0. The average Bonchev–Trinajstić information content (AvgIpc) is 2.48. The van der Waals surface area contributed by atoms with Crippen molar-refractivity contribution in [3.05, 3.63) is 53.1 Å². The second-order valence-electron chi connectivity index (χ2n) is 4.32. The molecular weight excluding hydrogens is 276 g/mol. The Morgan fingerprint density at radius 1 is 1.05 bits per heavy atom. The molecule has 0 aliphatic rings. The molecule has 0 fully saturated rings. The Kier molecular flexibility index (Phi) is 5.27. The fourth-order valence-electron chi connectivity index (χ4n) is 1.71. The van der Waals surface area contributed by atoms with Gasteiger partial charge in [0, 0.05) is 0 Å². The third-order valence-electron chi connectivity index (χ3n) is 2.71. The first-order valence-electron chi connectivity index (χ1n) is 6.53. The minimum Gasteiger partial charge on any atom is -0.490 e. The summed E-state index contributed by atoms with van der Waals surface area (Å²) < 4.78 is 11.4. The Morgan fingerprint density at radius 3 is 2.45 bits per heavy atom. The largest absolute Gasteiger partial charge is 0.490 e. The highest BCUT2D eigenvalue weighted by atomic mass is 35.5. The summed E-state index contributed by atoms with van der Waals surface area (Å²) in [5.41, 5.74) is 0.748. The Balaban J connectivity index is 2.21. The number of hydrogen-bond donors (Lipinski definition) is 1. The van der Waals surface area contributed by atoms with Gasteiger partial charge < -0.3 is 14.6 Å². The van der Waals surface area contributed by atoms with E-state index in [0.29, 0.717) is 28.9 Å². The predicted octanol–water partition coefficient (Wildman–Crippen LogP) is 4.41. The molecule has 0 aliphatic heterocycles. The van der Waals surface area contributed by atoms with Crippen LogP contribution in [0, 0.1) is 0 Å². The molecule has 0 saturated heterocycles. The number of benzene rings is 2. The van der Waals surface area contributed by atoms with Crippen molar-refractivity contribution >= 4 is 11.6 Å². The maximum absolute atomic E-state index is 9.06. The maximum atomic E-state index is 9.06. The van der Waals surface area contributed by atoms with Crippen LogP contribution >= 0.6 is 11.6 Å². The summed E-state index contributed by atoms with van der Waals surface area (Å²) in [6.45, 7) is 2.64. The predicted molar refractivity (Wildman–Crippen MR) is 79.7 cm³/mol. The molecule has 2 aromatic carbocycles. The number of halogens is 1. The minimum atomic E-state index is -0.0454. The monoisotopic (exact) mass is 292 g/mol. The smallest absolute Gasteiger partial charge is 0.169 e. The van der Waals surface area contributed by atoms with E-state index >= 15 is 0 Å². The molecule has 0 bridgehead atoms. The van der Waals surface area contributed by atoms with Crippen molar-refractivity contribution < 1.29 is 14.6 Å². The molecule has 0 atom stereocenters. The van der Waals surface area contributed by atoms with Gasteiger partial charge in [-0.2, -0.15) is 0 Å². The van der Waals surface area contributed by atoms with Crippen LogP contribution in [0.3, 0.4) is 0 Å². The number of para-hydroxylation sites is 2. The number of rotatable bonds is 6. The molecular formula is C16H17ClO3. The lowest BCUT2D eigenvalue weighted by Crippen LogP contribution is -1.97. The molecule has 0 amide bonds. The SMILES string of the molecule is CCCOc1ccccc1Oc1ccc(CO)cc1Cl. The van der Waals surface area contributed by atoms with Crippen LogP contribution in [0.2, 0.25) is 5.02 Å². The molecule has 3 nitrogen and oxygen atoms in total. The Bertz CT molecular complexity index is 569. The summed E-state index contributed by atoms with van der Waals surface area (Å²) in [6.07, 6.45) is 0.931.